The summed E-state index contributed by atoms with van der Waals surface area (Å²) in [6.07, 6.45) is 3.44. The lowest BCUT2D eigenvalue weighted by Crippen LogP contribution is -2.17. The second-order valence-corrected chi connectivity index (χ2v) is 6.02. The van der Waals surface area contributed by atoms with Crippen LogP contribution in [0, 0.1) is 0 Å². The molecule has 1 fully saturated rings. The minimum Gasteiger partial charge on any atom is -0.462 e. The van der Waals surface area contributed by atoms with Gasteiger partial charge in [0.1, 0.15) is 5.00 Å². The Balaban J connectivity index is 2.07. The Morgan fingerprint density at radius 2 is 2.19 bits per heavy atom. The van der Waals surface area contributed by atoms with E-state index in [1.165, 1.54) is 11.3 Å². The van der Waals surface area contributed by atoms with E-state index in [-0.39, 0.29) is 11.9 Å². The Hall–Kier alpha value is -1.40. The normalized spacial score (nSPS) is 14.0. The predicted molar refractivity (Wildman–Crippen MR) is 84.0 cm³/mol. The number of esters is 1. The summed E-state index contributed by atoms with van der Waals surface area (Å²) in [6.45, 7) is 2.93. The number of hydrogen-bond acceptors (Lipinski definition) is 5. The zero-order valence-electron chi connectivity index (χ0n) is 12.5. The minimum atomic E-state index is -0.328. The smallest absolute Gasteiger partial charge is 0.341 e. The molecule has 1 aromatic heterocycles. The number of anilines is 1. The van der Waals surface area contributed by atoms with E-state index >= 15 is 0 Å². The Kier molecular flexibility index (Phi) is 5.76. The van der Waals surface area contributed by atoms with Gasteiger partial charge in [-0.15, -0.1) is 11.3 Å². The molecule has 0 aliphatic heterocycles. The lowest BCUT2D eigenvalue weighted by molar-refractivity contribution is -0.116. The zero-order valence-corrected chi connectivity index (χ0v) is 13.3. The van der Waals surface area contributed by atoms with Crippen LogP contribution in [0.4, 0.5) is 5.00 Å². The molecule has 1 aliphatic carbocycles. The van der Waals surface area contributed by atoms with Crippen LogP contribution in [0.2, 0.25) is 0 Å². The Labute approximate surface area is 129 Å². The summed E-state index contributed by atoms with van der Waals surface area (Å²) in [5.41, 5.74) is 1.59. The van der Waals surface area contributed by atoms with E-state index in [1.54, 1.807) is 6.92 Å². The van der Waals surface area contributed by atoms with Gasteiger partial charge in [0, 0.05) is 6.42 Å². The van der Waals surface area contributed by atoms with Crippen molar-refractivity contribution in [2.75, 3.05) is 25.5 Å². The molecule has 1 aromatic rings. The van der Waals surface area contributed by atoms with Crippen LogP contribution in [0.5, 0.6) is 0 Å². The van der Waals surface area contributed by atoms with Crippen LogP contribution < -0.4 is 10.6 Å². The fourth-order valence-corrected chi connectivity index (χ4v) is 3.23. The fraction of sp³-hybridized carbons (Fsp3) is 0.600. The van der Waals surface area contributed by atoms with E-state index in [9.17, 15) is 9.59 Å². The fourth-order valence-electron chi connectivity index (χ4n) is 2.19. The van der Waals surface area contributed by atoms with E-state index < -0.39 is 0 Å². The molecular weight excluding hydrogens is 288 g/mol. The third kappa shape index (κ3) is 4.28. The molecule has 1 heterocycles. The minimum absolute atomic E-state index is 0.0556. The van der Waals surface area contributed by atoms with Crippen molar-refractivity contribution in [3.05, 3.63) is 16.5 Å². The van der Waals surface area contributed by atoms with Crippen LogP contribution in [0.15, 0.2) is 5.38 Å². The van der Waals surface area contributed by atoms with Crippen molar-refractivity contribution in [1.82, 2.24) is 5.32 Å². The highest BCUT2D eigenvalue weighted by Crippen LogP contribution is 2.46. The summed E-state index contributed by atoms with van der Waals surface area (Å²) in [4.78, 5) is 24.1. The van der Waals surface area contributed by atoms with Gasteiger partial charge in [-0.3, -0.25) is 4.79 Å². The van der Waals surface area contributed by atoms with Gasteiger partial charge in [0.15, 0.2) is 0 Å². The Bertz CT molecular complexity index is 509. The molecule has 0 unspecified atom stereocenters. The maximum absolute atomic E-state index is 12.1. The van der Waals surface area contributed by atoms with Crippen LogP contribution >= 0.6 is 11.3 Å². The lowest BCUT2D eigenvalue weighted by atomic mass is 10.1. The highest BCUT2D eigenvalue weighted by atomic mass is 32.1. The molecule has 1 aliphatic rings. The molecule has 0 radical (unpaired) electrons. The van der Waals surface area contributed by atoms with Crippen LogP contribution in [0.3, 0.4) is 0 Å². The van der Waals surface area contributed by atoms with Gasteiger partial charge in [-0.2, -0.15) is 0 Å². The number of ether oxygens (including phenoxy) is 1. The molecular formula is C15H22N2O3S. The average Bonchev–Trinajstić information content (AvgIpc) is 3.21. The number of amides is 1. The van der Waals surface area contributed by atoms with Crippen molar-refractivity contribution >= 4 is 28.2 Å². The van der Waals surface area contributed by atoms with Crippen LogP contribution in [-0.4, -0.2) is 32.1 Å². The predicted octanol–water partition coefficient (Wildman–Crippen LogP) is 2.74. The van der Waals surface area contributed by atoms with Crippen molar-refractivity contribution < 1.29 is 14.3 Å². The molecule has 5 nitrogen and oxygen atoms in total. The van der Waals surface area contributed by atoms with Crippen LogP contribution in [0.25, 0.3) is 0 Å². The molecule has 21 heavy (non-hydrogen) atoms. The molecule has 0 aromatic carbocycles. The first kappa shape index (κ1) is 16.0. The molecule has 0 saturated heterocycles. The Morgan fingerprint density at radius 1 is 1.43 bits per heavy atom. The summed E-state index contributed by atoms with van der Waals surface area (Å²) in [5.74, 6) is 0.0711. The summed E-state index contributed by atoms with van der Waals surface area (Å²) in [6, 6.07) is 0. The van der Waals surface area contributed by atoms with Gasteiger partial charge < -0.3 is 15.4 Å². The number of carbonyl (C=O) groups excluding carboxylic acids is 2. The first-order chi connectivity index (χ1) is 10.2. The largest absolute Gasteiger partial charge is 0.462 e. The van der Waals surface area contributed by atoms with E-state index in [2.05, 4.69) is 10.6 Å². The van der Waals surface area contributed by atoms with E-state index in [4.69, 9.17) is 4.74 Å². The van der Waals surface area contributed by atoms with Crippen LogP contribution in [0.1, 0.15) is 54.4 Å². The molecule has 1 amide bonds. The third-order valence-electron chi connectivity index (χ3n) is 3.40. The van der Waals surface area contributed by atoms with Gasteiger partial charge >= 0.3 is 5.97 Å². The maximum Gasteiger partial charge on any atom is 0.341 e. The van der Waals surface area contributed by atoms with E-state index in [0.29, 0.717) is 29.5 Å². The molecule has 6 heteroatoms. The molecule has 0 spiro atoms. The number of hydrogen-bond donors (Lipinski definition) is 2. The maximum atomic E-state index is 12.1. The van der Waals surface area contributed by atoms with E-state index in [0.717, 1.165) is 31.4 Å². The van der Waals surface area contributed by atoms with Crippen molar-refractivity contribution in [2.24, 2.45) is 0 Å². The third-order valence-corrected chi connectivity index (χ3v) is 4.31. The van der Waals surface area contributed by atoms with Gasteiger partial charge in [-0.05, 0) is 56.6 Å². The molecule has 1 saturated carbocycles. The second-order valence-electron chi connectivity index (χ2n) is 5.15. The number of nitrogens with one attached hydrogen (secondary N) is 2. The monoisotopic (exact) mass is 310 g/mol. The molecule has 116 valence electrons. The molecule has 0 bridgehead atoms. The number of rotatable bonds is 8. The van der Waals surface area contributed by atoms with Crippen molar-refractivity contribution in [3.63, 3.8) is 0 Å². The first-order valence-electron chi connectivity index (χ1n) is 7.40. The highest BCUT2D eigenvalue weighted by Gasteiger charge is 2.32. The van der Waals surface area contributed by atoms with Gasteiger partial charge in [0.2, 0.25) is 5.91 Å². The average molecular weight is 310 g/mol. The van der Waals surface area contributed by atoms with Gasteiger partial charge in [0.25, 0.3) is 0 Å². The highest BCUT2D eigenvalue weighted by molar-refractivity contribution is 7.15. The molecule has 2 N–H and O–H groups in total. The first-order valence-corrected chi connectivity index (χ1v) is 8.28. The number of thiophene rings is 1. The number of carbonyl (C=O) groups is 2. The Morgan fingerprint density at radius 3 is 2.81 bits per heavy atom. The SMILES string of the molecule is CCOC(=O)c1c(C2CC2)csc1NC(=O)CCCNC. The topological polar surface area (TPSA) is 67.4 Å². The summed E-state index contributed by atoms with van der Waals surface area (Å²) in [7, 11) is 1.86. The second kappa shape index (κ2) is 7.56. The zero-order chi connectivity index (χ0) is 15.2. The summed E-state index contributed by atoms with van der Waals surface area (Å²) < 4.78 is 5.13. The standard InChI is InChI=1S/C15H22N2O3S/c1-3-20-15(19)13-11(10-6-7-10)9-21-14(13)17-12(18)5-4-8-16-2/h9-10,16H,3-8H2,1-2H3,(H,17,18). The molecule has 0 atom stereocenters. The van der Waals surface area contributed by atoms with Crippen molar-refractivity contribution in [2.45, 2.75) is 38.5 Å². The summed E-state index contributed by atoms with van der Waals surface area (Å²) >= 11 is 1.42. The van der Waals surface area contributed by atoms with E-state index in [1.807, 2.05) is 12.4 Å². The summed E-state index contributed by atoms with van der Waals surface area (Å²) in [5, 5.41) is 8.48. The molecule has 2 rings (SSSR count). The van der Waals surface area contributed by atoms with Crippen molar-refractivity contribution in [3.8, 4) is 0 Å². The quantitative estimate of drug-likeness (QED) is 0.572. The van der Waals surface area contributed by atoms with Gasteiger partial charge in [-0.25, -0.2) is 4.79 Å². The lowest BCUT2D eigenvalue weighted by Gasteiger charge is -2.08. The van der Waals surface area contributed by atoms with Crippen molar-refractivity contribution in [1.29, 1.82) is 0 Å². The van der Waals surface area contributed by atoms with Gasteiger partial charge in [0.05, 0.1) is 12.2 Å². The van der Waals surface area contributed by atoms with Gasteiger partial charge in [-0.1, -0.05) is 0 Å². The van der Waals surface area contributed by atoms with Crippen LogP contribution in [-0.2, 0) is 9.53 Å².